The molecule has 126 valence electrons. The predicted molar refractivity (Wildman–Crippen MR) is 96.8 cm³/mol. The summed E-state index contributed by atoms with van der Waals surface area (Å²) in [4.78, 5) is 28.5. The SMILES string of the molecule is CC(C)NC(=O)c1cc2c(s1)CCN(C(=O)c1ccc(Cl)cc1)C2. The van der Waals surface area contributed by atoms with E-state index in [9.17, 15) is 9.59 Å². The van der Waals surface area contributed by atoms with Crippen LogP contribution in [0.2, 0.25) is 5.02 Å². The van der Waals surface area contributed by atoms with Crippen LogP contribution in [0.3, 0.4) is 0 Å². The van der Waals surface area contributed by atoms with E-state index in [1.807, 2.05) is 24.8 Å². The van der Waals surface area contributed by atoms with Gasteiger partial charge >= 0.3 is 0 Å². The van der Waals surface area contributed by atoms with Crippen LogP contribution in [0.25, 0.3) is 0 Å². The quantitative estimate of drug-likeness (QED) is 0.904. The number of amides is 2. The third-order valence-corrected chi connectivity index (χ3v) is 5.38. The first kappa shape index (κ1) is 17.0. The van der Waals surface area contributed by atoms with Crippen LogP contribution in [-0.4, -0.2) is 29.3 Å². The van der Waals surface area contributed by atoms with Gasteiger partial charge in [-0.15, -0.1) is 11.3 Å². The molecule has 1 aromatic carbocycles. The third-order valence-electron chi connectivity index (χ3n) is 3.89. The number of hydrogen-bond donors (Lipinski definition) is 1. The van der Waals surface area contributed by atoms with Crippen LogP contribution in [0.15, 0.2) is 30.3 Å². The van der Waals surface area contributed by atoms with Gasteiger partial charge in [-0.1, -0.05) is 11.6 Å². The van der Waals surface area contributed by atoms with Crippen molar-refractivity contribution in [3.63, 3.8) is 0 Å². The molecule has 1 aromatic heterocycles. The van der Waals surface area contributed by atoms with Gasteiger partial charge in [0.25, 0.3) is 11.8 Å². The van der Waals surface area contributed by atoms with Crippen LogP contribution in [0.4, 0.5) is 0 Å². The normalized spacial score (nSPS) is 13.8. The maximum atomic E-state index is 12.6. The summed E-state index contributed by atoms with van der Waals surface area (Å²) < 4.78 is 0. The van der Waals surface area contributed by atoms with E-state index in [1.165, 1.54) is 16.2 Å². The van der Waals surface area contributed by atoms with Gasteiger partial charge in [-0.2, -0.15) is 0 Å². The largest absolute Gasteiger partial charge is 0.349 e. The first-order valence-corrected chi connectivity index (χ1v) is 9.11. The molecule has 0 aliphatic carbocycles. The molecular weight excluding hydrogens is 344 g/mol. The fourth-order valence-corrected chi connectivity index (χ4v) is 3.92. The molecule has 0 saturated carbocycles. The Morgan fingerprint density at radius 1 is 1.25 bits per heavy atom. The number of halogens is 1. The van der Waals surface area contributed by atoms with Gasteiger partial charge in [0.1, 0.15) is 0 Å². The molecule has 0 atom stereocenters. The number of carbonyl (C=O) groups is 2. The van der Waals surface area contributed by atoms with Crippen LogP contribution in [0.5, 0.6) is 0 Å². The number of benzene rings is 1. The number of fused-ring (bicyclic) bond motifs is 1. The van der Waals surface area contributed by atoms with E-state index >= 15 is 0 Å². The Hall–Kier alpha value is -1.85. The lowest BCUT2D eigenvalue weighted by Crippen LogP contribution is -2.35. The first-order valence-electron chi connectivity index (χ1n) is 7.91. The lowest BCUT2D eigenvalue weighted by molar-refractivity contribution is 0.0736. The summed E-state index contributed by atoms with van der Waals surface area (Å²) in [5.41, 5.74) is 1.71. The van der Waals surface area contributed by atoms with Crippen molar-refractivity contribution in [3.05, 3.63) is 56.2 Å². The molecule has 1 N–H and O–H groups in total. The van der Waals surface area contributed by atoms with Crippen LogP contribution in [-0.2, 0) is 13.0 Å². The average molecular weight is 363 g/mol. The van der Waals surface area contributed by atoms with Crippen molar-refractivity contribution in [2.75, 3.05) is 6.54 Å². The van der Waals surface area contributed by atoms with Crippen molar-refractivity contribution in [2.45, 2.75) is 32.9 Å². The van der Waals surface area contributed by atoms with Crippen LogP contribution in [0.1, 0.15) is 44.3 Å². The van der Waals surface area contributed by atoms with Gasteiger partial charge in [-0.3, -0.25) is 9.59 Å². The molecule has 0 spiro atoms. The zero-order chi connectivity index (χ0) is 17.3. The minimum atomic E-state index is -0.0417. The zero-order valence-electron chi connectivity index (χ0n) is 13.6. The summed E-state index contributed by atoms with van der Waals surface area (Å²) in [6.45, 7) is 5.10. The van der Waals surface area contributed by atoms with E-state index in [4.69, 9.17) is 11.6 Å². The lowest BCUT2D eigenvalue weighted by Gasteiger charge is -2.27. The number of nitrogens with zero attached hydrogens (tertiary/aromatic N) is 1. The summed E-state index contributed by atoms with van der Waals surface area (Å²) in [6.07, 6.45) is 0.786. The molecule has 2 heterocycles. The molecule has 4 nitrogen and oxygen atoms in total. The molecule has 24 heavy (non-hydrogen) atoms. The highest BCUT2D eigenvalue weighted by Gasteiger charge is 2.25. The van der Waals surface area contributed by atoms with Gasteiger partial charge < -0.3 is 10.2 Å². The van der Waals surface area contributed by atoms with E-state index < -0.39 is 0 Å². The number of carbonyl (C=O) groups excluding carboxylic acids is 2. The van der Waals surface area contributed by atoms with Crippen molar-refractivity contribution in [1.29, 1.82) is 0 Å². The Bertz CT molecular complexity index is 768. The predicted octanol–water partition coefficient (Wildman–Crippen LogP) is 3.74. The smallest absolute Gasteiger partial charge is 0.261 e. The number of nitrogens with one attached hydrogen (secondary N) is 1. The molecule has 0 bridgehead atoms. The number of thiophene rings is 1. The molecule has 3 rings (SSSR count). The minimum absolute atomic E-state index is 0.00306. The monoisotopic (exact) mass is 362 g/mol. The van der Waals surface area contributed by atoms with Crippen LogP contribution < -0.4 is 5.32 Å². The Balaban J connectivity index is 1.74. The average Bonchev–Trinajstić information content (AvgIpc) is 2.97. The zero-order valence-corrected chi connectivity index (χ0v) is 15.2. The summed E-state index contributed by atoms with van der Waals surface area (Å²) in [5.74, 6) is -0.0447. The van der Waals surface area contributed by atoms with Gasteiger partial charge in [0.05, 0.1) is 4.88 Å². The van der Waals surface area contributed by atoms with Gasteiger partial charge in [0.15, 0.2) is 0 Å². The first-order chi connectivity index (χ1) is 11.4. The second-order valence-electron chi connectivity index (χ2n) is 6.17. The molecule has 1 aliphatic heterocycles. The number of rotatable bonds is 3. The van der Waals surface area contributed by atoms with Crippen molar-refractivity contribution < 1.29 is 9.59 Å². The maximum absolute atomic E-state index is 12.6. The van der Waals surface area contributed by atoms with E-state index in [2.05, 4.69) is 5.32 Å². The maximum Gasteiger partial charge on any atom is 0.261 e. The second-order valence-corrected chi connectivity index (χ2v) is 7.74. The molecule has 1 aliphatic rings. The van der Waals surface area contributed by atoms with Crippen molar-refractivity contribution in [2.24, 2.45) is 0 Å². The van der Waals surface area contributed by atoms with E-state index in [1.54, 1.807) is 24.3 Å². The van der Waals surface area contributed by atoms with Crippen molar-refractivity contribution in [1.82, 2.24) is 10.2 Å². The van der Waals surface area contributed by atoms with Gasteiger partial charge in [0, 0.05) is 34.6 Å². The standard InChI is InChI=1S/C18H19ClN2O2S/c1-11(2)20-17(22)16-9-13-10-21(8-7-15(13)24-16)18(23)12-3-5-14(19)6-4-12/h3-6,9,11H,7-8,10H2,1-2H3,(H,20,22). The second kappa shape index (κ2) is 6.95. The van der Waals surface area contributed by atoms with Crippen molar-refractivity contribution >= 4 is 34.8 Å². The topological polar surface area (TPSA) is 49.4 Å². The molecule has 6 heteroatoms. The van der Waals surface area contributed by atoms with E-state index in [0.717, 1.165) is 16.9 Å². The van der Waals surface area contributed by atoms with Crippen LogP contribution >= 0.6 is 22.9 Å². The fourth-order valence-electron chi connectivity index (χ4n) is 2.73. The lowest BCUT2D eigenvalue weighted by atomic mass is 10.1. The van der Waals surface area contributed by atoms with E-state index in [-0.39, 0.29) is 17.9 Å². The Kier molecular flexibility index (Phi) is 4.92. The number of hydrogen-bond acceptors (Lipinski definition) is 3. The molecule has 0 radical (unpaired) electrons. The molecule has 2 aromatic rings. The highest BCUT2D eigenvalue weighted by molar-refractivity contribution is 7.14. The summed E-state index contributed by atoms with van der Waals surface area (Å²) in [6, 6.07) is 8.97. The summed E-state index contributed by atoms with van der Waals surface area (Å²) >= 11 is 7.41. The Morgan fingerprint density at radius 3 is 2.62 bits per heavy atom. The molecule has 0 fully saturated rings. The molecular formula is C18H19ClN2O2S. The minimum Gasteiger partial charge on any atom is -0.349 e. The molecule has 0 unspecified atom stereocenters. The van der Waals surface area contributed by atoms with E-state index in [0.29, 0.717) is 23.7 Å². The third kappa shape index (κ3) is 3.62. The van der Waals surface area contributed by atoms with Gasteiger partial charge in [-0.25, -0.2) is 0 Å². The summed E-state index contributed by atoms with van der Waals surface area (Å²) in [7, 11) is 0. The molecule has 2 amide bonds. The van der Waals surface area contributed by atoms with Crippen molar-refractivity contribution in [3.8, 4) is 0 Å². The highest BCUT2D eigenvalue weighted by atomic mass is 35.5. The Labute approximate surface area is 150 Å². The van der Waals surface area contributed by atoms with Crippen LogP contribution in [0, 0.1) is 0 Å². The van der Waals surface area contributed by atoms with Gasteiger partial charge in [0.2, 0.25) is 0 Å². The Morgan fingerprint density at radius 2 is 1.96 bits per heavy atom. The highest BCUT2D eigenvalue weighted by Crippen LogP contribution is 2.29. The fraction of sp³-hybridized carbons (Fsp3) is 0.333. The summed E-state index contributed by atoms with van der Waals surface area (Å²) in [5, 5.41) is 3.53. The molecule has 0 saturated heterocycles. The van der Waals surface area contributed by atoms with Gasteiger partial charge in [-0.05, 0) is 56.2 Å².